The van der Waals surface area contributed by atoms with Gasteiger partial charge in [0.15, 0.2) is 0 Å². The molecule has 2 fully saturated rings. The Morgan fingerprint density at radius 3 is 2.41 bits per heavy atom. The van der Waals surface area contributed by atoms with Crippen LogP contribution in [0, 0.1) is 0 Å². The Morgan fingerprint density at radius 2 is 1.78 bits per heavy atom. The molecule has 0 radical (unpaired) electrons. The Kier molecular flexibility index (Phi) is 4.68. The molecule has 0 saturated carbocycles. The number of ketones is 1. The fraction of sp³-hybridized carbons (Fsp3) is 0.300. The fourth-order valence-electron chi connectivity index (χ4n) is 3.63. The number of rotatable bonds is 4. The van der Waals surface area contributed by atoms with Crippen molar-refractivity contribution in [3.05, 3.63) is 65.8 Å². The van der Waals surface area contributed by atoms with Gasteiger partial charge >= 0.3 is 0 Å². The molecule has 7 heteroatoms. The predicted octanol–water partition coefficient (Wildman–Crippen LogP) is 2.08. The van der Waals surface area contributed by atoms with Crippen LogP contribution in [0.1, 0.15) is 30.0 Å². The number of likely N-dealkylation sites (tertiary alicyclic amines) is 1. The standard InChI is InChI=1S/C20H19N3O4/c24-18(14-5-9-22-10-6-14)16-17(13-3-7-21-8-4-13)23(20(26)19(16)25)12-15-2-1-11-27-15/h3-10,15,17,24H,1-2,11-12H2/b18-16-. The molecule has 0 spiro atoms. The average Bonchev–Trinajstić information content (AvgIpc) is 3.31. The number of amides is 1. The largest absolute Gasteiger partial charge is 0.507 e. The van der Waals surface area contributed by atoms with Crippen LogP contribution in [-0.4, -0.2) is 50.9 Å². The van der Waals surface area contributed by atoms with E-state index >= 15 is 0 Å². The van der Waals surface area contributed by atoms with Crippen molar-refractivity contribution in [3.8, 4) is 0 Å². The molecule has 138 valence electrons. The maximum atomic E-state index is 12.8. The number of ether oxygens (including phenoxy) is 1. The Hall–Kier alpha value is -3.06. The van der Waals surface area contributed by atoms with Crippen LogP contribution < -0.4 is 0 Å². The first-order valence-corrected chi connectivity index (χ1v) is 8.87. The summed E-state index contributed by atoms with van der Waals surface area (Å²) in [6.07, 6.45) is 7.94. The highest BCUT2D eigenvalue weighted by atomic mass is 16.5. The van der Waals surface area contributed by atoms with Crippen LogP contribution in [0.4, 0.5) is 0 Å². The highest BCUT2D eigenvalue weighted by Gasteiger charge is 2.47. The number of hydrogen-bond donors (Lipinski definition) is 1. The van der Waals surface area contributed by atoms with E-state index in [0.717, 1.165) is 18.4 Å². The molecule has 0 aliphatic carbocycles. The third-order valence-electron chi connectivity index (χ3n) is 4.94. The van der Waals surface area contributed by atoms with Gasteiger partial charge in [-0.25, -0.2) is 0 Å². The molecule has 0 bridgehead atoms. The molecule has 2 aliphatic rings. The number of aliphatic hydroxyl groups is 1. The Bertz CT molecular complexity index is 877. The van der Waals surface area contributed by atoms with Crippen LogP contribution in [0.5, 0.6) is 0 Å². The minimum absolute atomic E-state index is 0.0791. The zero-order valence-electron chi connectivity index (χ0n) is 14.6. The van der Waals surface area contributed by atoms with E-state index in [2.05, 4.69) is 9.97 Å². The SMILES string of the molecule is O=C1C(=O)N(CC2CCCO2)C(c2ccncc2)/C1=C(/O)c1ccncc1. The lowest BCUT2D eigenvalue weighted by atomic mass is 9.96. The van der Waals surface area contributed by atoms with E-state index in [1.165, 1.54) is 17.3 Å². The second-order valence-electron chi connectivity index (χ2n) is 6.60. The van der Waals surface area contributed by atoms with Crippen LogP contribution in [0.2, 0.25) is 0 Å². The lowest BCUT2D eigenvalue weighted by molar-refractivity contribution is -0.140. The van der Waals surface area contributed by atoms with Crippen molar-refractivity contribution in [2.75, 3.05) is 13.2 Å². The van der Waals surface area contributed by atoms with Crippen LogP contribution >= 0.6 is 0 Å². The summed E-state index contributed by atoms with van der Waals surface area (Å²) >= 11 is 0. The molecular formula is C20H19N3O4. The summed E-state index contributed by atoms with van der Waals surface area (Å²) in [6, 6.07) is 6.03. The van der Waals surface area contributed by atoms with Gasteiger partial charge in [-0.15, -0.1) is 0 Å². The number of aliphatic hydroxyl groups excluding tert-OH is 1. The van der Waals surface area contributed by atoms with E-state index in [-0.39, 0.29) is 17.4 Å². The smallest absolute Gasteiger partial charge is 0.295 e. The van der Waals surface area contributed by atoms with Gasteiger partial charge in [0.05, 0.1) is 17.7 Å². The summed E-state index contributed by atoms with van der Waals surface area (Å²) < 4.78 is 5.66. The molecule has 1 N–H and O–H groups in total. The van der Waals surface area contributed by atoms with E-state index in [1.54, 1.807) is 36.7 Å². The van der Waals surface area contributed by atoms with Crippen molar-refractivity contribution in [3.63, 3.8) is 0 Å². The van der Waals surface area contributed by atoms with Gasteiger partial charge < -0.3 is 14.7 Å². The zero-order valence-corrected chi connectivity index (χ0v) is 14.6. The first-order chi connectivity index (χ1) is 13.2. The number of carbonyl (C=O) groups excluding carboxylic acids is 2. The van der Waals surface area contributed by atoms with Gasteiger partial charge in [0, 0.05) is 43.5 Å². The summed E-state index contributed by atoms with van der Waals surface area (Å²) in [5.41, 5.74) is 1.24. The topological polar surface area (TPSA) is 92.6 Å². The van der Waals surface area contributed by atoms with Gasteiger partial charge in [-0.2, -0.15) is 0 Å². The maximum Gasteiger partial charge on any atom is 0.295 e. The molecule has 2 aliphatic heterocycles. The summed E-state index contributed by atoms with van der Waals surface area (Å²) in [7, 11) is 0. The van der Waals surface area contributed by atoms with Crippen molar-refractivity contribution >= 4 is 17.4 Å². The van der Waals surface area contributed by atoms with E-state index in [9.17, 15) is 14.7 Å². The predicted molar refractivity (Wildman–Crippen MR) is 96.5 cm³/mol. The van der Waals surface area contributed by atoms with Gasteiger partial charge in [0.1, 0.15) is 5.76 Å². The lowest BCUT2D eigenvalue weighted by Gasteiger charge is -2.27. The summed E-state index contributed by atoms with van der Waals surface area (Å²) in [6.45, 7) is 0.968. The van der Waals surface area contributed by atoms with Crippen molar-refractivity contribution in [2.45, 2.75) is 25.0 Å². The first kappa shape index (κ1) is 17.4. The molecule has 2 unspecified atom stereocenters. The first-order valence-electron chi connectivity index (χ1n) is 8.87. The van der Waals surface area contributed by atoms with Crippen LogP contribution in [0.25, 0.3) is 5.76 Å². The number of carbonyl (C=O) groups is 2. The molecule has 2 aromatic heterocycles. The highest BCUT2D eigenvalue weighted by Crippen LogP contribution is 2.39. The maximum absolute atomic E-state index is 12.8. The Balaban J connectivity index is 1.81. The summed E-state index contributed by atoms with van der Waals surface area (Å²) in [5.74, 6) is -1.51. The van der Waals surface area contributed by atoms with Crippen molar-refractivity contribution in [2.24, 2.45) is 0 Å². The van der Waals surface area contributed by atoms with Crippen LogP contribution in [0.15, 0.2) is 54.6 Å². The summed E-state index contributed by atoms with van der Waals surface area (Å²) in [5, 5.41) is 10.8. The zero-order chi connectivity index (χ0) is 18.8. The molecule has 2 atom stereocenters. The van der Waals surface area contributed by atoms with E-state index < -0.39 is 17.7 Å². The van der Waals surface area contributed by atoms with Gasteiger partial charge in [0.2, 0.25) is 0 Å². The molecule has 0 aromatic carbocycles. The molecule has 2 aromatic rings. The second-order valence-corrected chi connectivity index (χ2v) is 6.60. The minimum Gasteiger partial charge on any atom is -0.507 e. The molecule has 1 amide bonds. The van der Waals surface area contributed by atoms with Crippen molar-refractivity contribution in [1.82, 2.24) is 14.9 Å². The number of nitrogens with zero attached hydrogens (tertiary/aromatic N) is 3. The minimum atomic E-state index is -0.691. The highest BCUT2D eigenvalue weighted by molar-refractivity contribution is 6.46. The van der Waals surface area contributed by atoms with Crippen molar-refractivity contribution in [1.29, 1.82) is 0 Å². The van der Waals surface area contributed by atoms with Gasteiger partial charge in [-0.3, -0.25) is 19.6 Å². The number of aromatic nitrogens is 2. The number of Topliss-reactive ketones (excluding diaryl/α,β-unsaturated/α-hetero) is 1. The Morgan fingerprint density at radius 1 is 1.11 bits per heavy atom. The molecular weight excluding hydrogens is 346 g/mol. The molecule has 7 nitrogen and oxygen atoms in total. The fourth-order valence-corrected chi connectivity index (χ4v) is 3.63. The monoisotopic (exact) mass is 365 g/mol. The van der Waals surface area contributed by atoms with E-state index in [4.69, 9.17) is 4.74 Å². The van der Waals surface area contributed by atoms with E-state index in [0.29, 0.717) is 18.7 Å². The molecule has 2 saturated heterocycles. The van der Waals surface area contributed by atoms with Gasteiger partial charge in [0.25, 0.3) is 11.7 Å². The summed E-state index contributed by atoms with van der Waals surface area (Å²) in [4.78, 5) is 35.0. The lowest BCUT2D eigenvalue weighted by Crippen LogP contribution is -2.36. The normalized spacial score (nSPS) is 24.5. The van der Waals surface area contributed by atoms with E-state index in [1.807, 2.05) is 0 Å². The van der Waals surface area contributed by atoms with Crippen molar-refractivity contribution < 1.29 is 19.4 Å². The third kappa shape index (κ3) is 3.21. The van der Waals surface area contributed by atoms with Gasteiger partial charge in [-0.1, -0.05) is 0 Å². The van der Waals surface area contributed by atoms with Crippen LogP contribution in [-0.2, 0) is 14.3 Å². The Labute approximate surface area is 156 Å². The second kappa shape index (κ2) is 7.28. The van der Waals surface area contributed by atoms with Crippen LogP contribution in [0.3, 0.4) is 0 Å². The average molecular weight is 365 g/mol. The molecule has 27 heavy (non-hydrogen) atoms. The quantitative estimate of drug-likeness (QED) is 0.507. The number of pyridine rings is 2. The molecule has 4 heterocycles. The van der Waals surface area contributed by atoms with Gasteiger partial charge in [-0.05, 0) is 42.7 Å². The number of hydrogen-bond acceptors (Lipinski definition) is 6. The third-order valence-corrected chi connectivity index (χ3v) is 4.94. The molecule has 4 rings (SSSR count).